The van der Waals surface area contributed by atoms with Gasteiger partial charge in [-0.3, -0.25) is 0 Å². The van der Waals surface area contributed by atoms with Gasteiger partial charge in [-0.25, -0.2) is 0 Å². The third kappa shape index (κ3) is 3.64. The van der Waals surface area contributed by atoms with Crippen LogP contribution >= 0.6 is 0 Å². The van der Waals surface area contributed by atoms with Crippen LogP contribution in [0.2, 0.25) is 0 Å². The standard InChI is InChI=1S/C17H28N2O3S/c1-13-11-16(13)17-10-9-15(22-17)12-18(2)23(20,21)19(3)14-7-5-4-6-8-14/h9-10,13-14,16H,4-8,11-12H2,1-3H3/t13-,16+/m1/s1. The van der Waals surface area contributed by atoms with E-state index in [0.29, 0.717) is 18.4 Å². The van der Waals surface area contributed by atoms with Gasteiger partial charge < -0.3 is 4.42 Å². The summed E-state index contributed by atoms with van der Waals surface area (Å²) in [5.41, 5.74) is 0. The lowest BCUT2D eigenvalue weighted by molar-refractivity contribution is 0.264. The maximum Gasteiger partial charge on any atom is 0.282 e. The Labute approximate surface area is 139 Å². The van der Waals surface area contributed by atoms with Crippen LogP contribution in [0, 0.1) is 5.92 Å². The molecule has 5 nitrogen and oxygen atoms in total. The molecule has 2 saturated carbocycles. The molecule has 3 rings (SSSR count). The van der Waals surface area contributed by atoms with Gasteiger partial charge in [-0.15, -0.1) is 0 Å². The minimum absolute atomic E-state index is 0.135. The van der Waals surface area contributed by atoms with Crippen LogP contribution in [0.1, 0.15) is 62.9 Å². The molecule has 0 bridgehead atoms. The van der Waals surface area contributed by atoms with Crippen molar-refractivity contribution in [3.63, 3.8) is 0 Å². The highest BCUT2D eigenvalue weighted by molar-refractivity contribution is 7.86. The third-order valence-corrected chi connectivity index (χ3v) is 7.33. The summed E-state index contributed by atoms with van der Waals surface area (Å²) in [4.78, 5) is 0. The Morgan fingerprint density at radius 2 is 1.83 bits per heavy atom. The van der Waals surface area contributed by atoms with Crippen molar-refractivity contribution < 1.29 is 12.8 Å². The van der Waals surface area contributed by atoms with Crippen molar-refractivity contribution in [3.05, 3.63) is 23.7 Å². The molecule has 0 N–H and O–H groups in total. The van der Waals surface area contributed by atoms with Crippen LogP contribution in [0.4, 0.5) is 0 Å². The van der Waals surface area contributed by atoms with Crippen LogP contribution in [0.25, 0.3) is 0 Å². The summed E-state index contributed by atoms with van der Waals surface area (Å²) < 4.78 is 34.3. The molecular formula is C17H28N2O3S. The summed E-state index contributed by atoms with van der Waals surface area (Å²) >= 11 is 0. The Morgan fingerprint density at radius 3 is 2.43 bits per heavy atom. The third-order valence-electron chi connectivity index (χ3n) is 5.38. The normalized spacial score (nSPS) is 26.1. The largest absolute Gasteiger partial charge is 0.464 e. The highest BCUT2D eigenvalue weighted by Crippen LogP contribution is 2.47. The van der Waals surface area contributed by atoms with Crippen molar-refractivity contribution in [1.82, 2.24) is 8.61 Å². The van der Waals surface area contributed by atoms with Gasteiger partial charge in [-0.05, 0) is 37.3 Å². The number of nitrogens with zero attached hydrogens (tertiary/aromatic N) is 2. The minimum atomic E-state index is -3.44. The fraction of sp³-hybridized carbons (Fsp3) is 0.765. The summed E-state index contributed by atoms with van der Waals surface area (Å²) in [6.45, 7) is 2.50. The van der Waals surface area contributed by atoms with Gasteiger partial charge in [0.25, 0.3) is 10.2 Å². The molecule has 0 saturated heterocycles. The summed E-state index contributed by atoms with van der Waals surface area (Å²) in [6.07, 6.45) is 6.56. The van der Waals surface area contributed by atoms with Crippen molar-refractivity contribution in [2.75, 3.05) is 14.1 Å². The van der Waals surface area contributed by atoms with E-state index in [-0.39, 0.29) is 6.04 Å². The zero-order chi connectivity index (χ0) is 16.6. The molecule has 0 aromatic carbocycles. The van der Waals surface area contributed by atoms with Crippen molar-refractivity contribution >= 4 is 10.2 Å². The zero-order valence-corrected chi connectivity index (χ0v) is 15.2. The van der Waals surface area contributed by atoms with Crippen LogP contribution in [0.3, 0.4) is 0 Å². The molecule has 0 amide bonds. The Balaban J connectivity index is 1.63. The molecule has 0 aliphatic heterocycles. The smallest absolute Gasteiger partial charge is 0.282 e. The SMILES string of the molecule is C[C@@H]1C[C@@H]1c1ccc(CN(C)S(=O)(=O)N(C)C2CCCCC2)o1. The fourth-order valence-corrected chi connectivity index (χ4v) is 4.87. The molecule has 23 heavy (non-hydrogen) atoms. The van der Waals surface area contributed by atoms with Gasteiger partial charge in [0.15, 0.2) is 0 Å². The second kappa shape index (κ2) is 6.57. The van der Waals surface area contributed by atoms with Gasteiger partial charge in [-0.1, -0.05) is 26.2 Å². The van der Waals surface area contributed by atoms with Crippen LogP contribution < -0.4 is 0 Å². The highest BCUT2D eigenvalue weighted by Gasteiger charge is 2.37. The lowest BCUT2D eigenvalue weighted by Crippen LogP contribution is -2.45. The first-order valence-corrected chi connectivity index (χ1v) is 10.1. The monoisotopic (exact) mass is 340 g/mol. The van der Waals surface area contributed by atoms with E-state index in [1.807, 2.05) is 12.1 Å². The van der Waals surface area contributed by atoms with E-state index >= 15 is 0 Å². The van der Waals surface area contributed by atoms with Gasteiger partial charge in [0.05, 0.1) is 6.54 Å². The van der Waals surface area contributed by atoms with E-state index in [0.717, 1.165) is 37.2 Å². The molecule has 2 aliphatic carbocycles. The average molecular weight is 340 g/mol. The van der Waals surface area contributed by atoms with Gasteiger partial charge in [0.1, 0.15) is 11.5 Å². The highest BCUT2D eigenvalue weighted by atomic mass is 32.2. The molecule has 0 radical (unpaired) electrons. The predicted molar refractivity (Wildman–Crippen MR) is 90.3 cm³/mol. The molecule has 0 unspecified atom stereocenters. The molecule has 6 heteroatoms. The Bertz CT molecular complexity index is 634. The number of hydrogen-bond donors (Lipinski definition) is 0. The maximum absolute atomic E-state index is 12.7. The molecule has 1 aromatic rings. The number of rotatable bonds is 6. The molecule has 2 atom stereocenters. The second-order valence-corrected chi connectivity index (χ2v) is 9.29. The first-order chi connectivity index (χ1) is 10.9. The molecule has 130 valence electrons. The first kappa shape index (κ1) is 17.0. The lowest BCUT2D eigenvalue weighted by Gasteiger charge is -2.32. The Morgan fingerprint density at radius 1 is 1.17 bits per heavy atom. The van der Waals surface area contributed by atoms with E-state index in [1.165, 1.54) is 17.1 Å². The van der Waals surface area contributed by atoms with Gasteiger partial charge >= 0.3 is 0 Å². The van der Waals surface area contributed by atoms with E-state index in [1.54, 1.807) is 18.4 Å². The maximum atomic E-state index is 12.7. The van der Waals surface area contributed by atoms with Gasteiger partial charge in [-0.2, -0.15) is 17.0 Å². The van der Waals surface area contributed by atoms with Crippen LogP contribution in [0.15, 0.2) is 16.5 Å². The molecule has 0 spiro atoms. The lowest BCUT2D eigenvalue weighted by atomic mass is 9.96. The molecule has 1 heterocycles. The van der Waals surface area contributed by atoms with Crippen molar-refractivity contribution in [2.45, 2.75) is 64.0 Å². The predicted octanol–water partition coefficient (Wildman–Crippen LogP) is 3.34. The van der Waals surface area contributed by atoms with Crippen LogP contribution in [0.5, 0.6) is 0 Å². The van der Waals surface area contributed by atoms with Crippen molar-refractivity contribution in [1.29, 1.82) is 0 Å². The Kier molecular flexibility index (Phi) is 4.85. The average Bonchev–Trinajstić information content (AvgIpc) is 3.09. The second-order valence-electron chi connectivity index (χ2n) is 7.20. The van der Waals surface area contributed by atoms with Gasteiger partial charge in [0, 0.05) is 26.1 Å². The number of hydrogen-bond acceptors (Lipinski definition) is 3. The number of furan rings is 1. The minimum Gasteiger partial charge on any atom is -0.464 e. The fourth-order valence-electron chi connectivity index (χ4n) is 3.55. The zero-order valence-electron chi connectivity index (χ0n) is 14.4. The molecule has 2 aliphatic rings. The van der Waals surface area contributed by atoms with Crippen LogP contribution in [-0.2, 0) is 16.8 Å². The summed E-state index contributed by atoms with van der Waals surface area (Å²) in [5, 5.41) is 0. The topological polar surface area (TPSA) is 53.8 Å². The van der Waals surface area contributed by atoms with E-state index < -0.39 is 10.2 Å². The quantitative estimate of drug-likeness (QED) is 0.798. The van der Waals surface area contributed by atoms with Crippen molar-refractivity contribution in [3.8, 4) is 0 Å². The first-order valence-electron chi connectivity index (χ1n) is 8.67. The Hall–Kier alpha value is -0.850. The summed E-state index contributed by atoms with van der Waals surface area (Å²) in [7, 11) is -0.0912. The molecular weight excluding hydrogens is 312 g/mol. The summed E-state index contributed by atoms with van der Waals surface area (Å²) in [5.74, 6) is 2.93. The van der Waals surface area contributed by atoms with E-state index in [9.17, 15) is 8.42 Å². The van der Waals surface area contributed by atoms with E-state index in [4.69, 9.17) is 4.42 Å². The summed E-state index contributed by atoms with van der Waals surface area (Å²) in [6, 6.07) is 4.04. The van der Waals surface area contributed by atoms with Gasteiger partial charge in [0.2, 0.25) is 0 Å². The van der Waals surface area contributed by atoms with Crippen molar-refractivity contribution in [2.24, 2.45) is 5.92 Å². The van der Waals surface area contributed by atoms with E-state index in [2.05, 4.69) is 6.92 Å². The molecule has 2 fully saturated rings. The van der Waals surface area contributed by atoms with Crippen LogP contribution in [-0.4, -0.2) is 37.2 Å². The molecule has 1 aromatic heterocycles.